The molecular weight excluding hydrogens is 318 g/mol. The van der Waals surface area contributed by atoms with E-state index in [1.54, 1.807) is 30.5 Å². The Kier molecular flexibility index (Phi) is 4.59. The van der Waals surface area contributed by atoms with E-state index in [1.807, 2.05) is 0 Å². The lowest BCUT2D eigenvalue weighted by molar-refractivity contribution is -0.111. The molecule has 104 valence electrons. The third-order valence-electron chi connectivity index (χ3n) is 2.41. The van der Waals surface area contributed by atoms with Gasteiger partial charge in [0, 0.05) is 11.0 Å². The second kappa shape index (κ2) is 6.21. The minimum absolute atomic E-state index is 0.128. The van der Waals surface area contributed by atoms with Crippen molar-refractivity contribution in [1.29, 1.82) is 0 Å². The third kappa shape index (κ3) is 3.47. The lowest BCUT2D eigenvalue weighted by Gasteiger charge is -2.02. The van der Waals surface area contributed by atoms with Gasteiger partial charge in [0.15, 0.2) is 0 Å². The van der Waals surface area contributed by atoms with Crippen LogP contribution in [0.2, 0.25) is 4.34 Å². The number of carboxylic acid groups (broad SMARTS) is 1. The molecule has 0 unspecified atom stereocenters. The molecule has 7 heteroatoms. The van der Waals surface area contributed by atoms with Crippen LogP contribution >= 0.6 is 34.3 Å². The third-order valence-corrected chi connectivity index (χ3v) is 4.69. The van der Waals surface area contributed by atoms with Crippen LogP contribution in [-0.2, 0) is 4.79 Å². The van der Waals surface area contributed by atoms with Crippen LogP contribution in [0.1, 0.15) is 20.1 Å². The van der Waals surface area contributed by atoms with Crippen molar-refractivity contribution in [3.05, 3.63) is 43.2 Å². The van der Waals surface area contributed by atoms with Gasteiger partial charge in [-0.05, 0) is 36.1 Å². The van der Waals surface area contributed by atoms with Gasteiger partial charge in [-0.2, -0.15) is 0 Å². The Hall–Kier alpha value is -1.63. The molecule has 0 fully saturated rings. The summed E-state index contributed by atoms with van der Waals surface area (Å²) in [7, 11) is 0. The van der Waals surface area contributed by atoms with Gasteiger partial charge >= 0.3 is 5.97 Å². The Morgan fingerprint density at radius 3 is 2.75 bits per heavy atom. The van der Waals surface area contributed by atoms with Crippen molar-refractivity contribution in [1.82, 2.24) is 0 Å². The van der Waals surface area contributed by atoms with Crippen molar-refractivity contribution >= 4 is 57.9 Å². The number of rotatable bonds is 4. The summed E-state index contributed by atoms with van der Waals surface area (Å²) in [5.41, 5.74) is 1.08. The molecule has 0 aliphatic heterocycles. The van der Waals surface area contributed by atoms with Crippen LogP contribution in [0.4, 0.5) is 5.69 Å². The maximum Gasteiger partial charge on any atom is 0.348 e. The number of amides is 1. The van der Waals surface area contributed by atoms with Gasteiger partial charge in [0.1, 0.15) is 4.88 Å². The first-order valence-electron chi connectivity index (χ1n) is 5.53. The number of anilines is 1. The van der Waals surface area contributed by atoms with Crippen LogP contribution < -0.4 is 5.32 Å². The quantitative estimate of drug-likeness (QED) is 0.830. The van der Waals surface area contributed by atoms with E-state index in [1.165, 1.54) is 17.4 Å². The maximum absolute atomic E-state index is 11.8. The van der Waals surface area contributed by atoms with Crippen molar-refractivity contribution in [3.8, 4) is 0 Å². The number of nitrogens with one attached hydrogen (secondary N) is 1. The zero-order chi connectivity index (χ0) is 14.7. The van der Waals surface area contributed by atoms with Gasteiger partial charge in [-0.25, -0.2) is 4.79 Å². The first kappa shape index (κ1) is 14.8. The molecule has 1 amide bonds. The van der Waals surface area contributed by atoms with Gasteiger partial charge in [-0.15, -0.1) is 22.7 Å². The molecular formula is C13H10ClNO3S2. The first-order valence-corrected chi connectivity index (χ1v) is 7.60. The molecule has 2 aromatic heterocycles. The molecule has 20 heavy (non-hydrogen) atoms. The highest BCUT2D eigenvalue weighted by molar-refractivity contribution is 7.17. The van der Waals surface area contributed by atoms with E-state index >= 15 is 0 Å². The minimum Gasteiger partial charge on any atom is -0.477 e. The van der Waals surface area contributed by atoms with Gasteiger partial charge in [0.2, 0.25) is 5.91 Å². The van der Waals surface area contributed by atoms with E-state index in [0.29, 0.717) is 10.0 Å². The molecule has 0 radical (unpaired) electrons. The summed E-state index contributed by atoms with van der Waals surface area (Å²) >= 11 is 8.23. The van der Waals surface area contributed by atoms with Crippen LogP contribution in [-0.4, -0.2) is 17.0 Å². The molecule has 2 aromatic rings. The average Bonchev–Trinajstić information content (AvgIpc) is 2.94. The number of aromatic carboxylic acids is 1. The van der Waals surface area contributed by atoms with E-state index in [9.17, 15) is 9.59 Å². The summed E-state index contributed by atoms with van der Waals surface area (Å²) < 4.78 is 0.645. The summed E-state index contributed by atoms with van der Waals surface area (Å²) in [4.78, 5) is 23.8. The zero-order valence-corrected chi connectivity index (χ0v) is 12.7. The van der Waals surface area contributed by atoms with Crippen molar-refractivity contribution in [2.45, 2.75) is 6.92 Å². The second-order valence-corrected chi connectivity index (χ2v) is 6.52. The van der Waals surface area contributed by atoms with Crippen LogP contribution in [0.15, 0.2) is 23.6 Å². The Morgan fingerprint density at radius 2 is 2.15 bits per heavy atom. The summed E-state index contributed by atoms with van der Waals surface area (Å²) in [6, 6.07) is 3.55. The number of aryl methyl sites for hydroxylation is 1. The van der Waals surface area contributed by atoms with Crippen molar-refractivity contribution in [2.75, 3.05) is 5.32 Å². The molecule has 0 saturated heterocycles. The Balaban J connectivity index is 2.10. The summed E-state index contributed by atoms with van der Waals surface area (Å²) in [6.45, 7) is 1.75. The summed E-state index contributed by atoms with van der Waals surface area (Å²) in [5, 5.41) is 13.3. The monoisotopic (exact) mass is 327 g/mol. The topological polar surface area (TPSA) is 66.4 Å². The fourth-order valence-electron chi connectivity index (χ4n) is 1.50. The van der Waals surface area contributed by atoms with Crippen molar-refractivity contribution in [3.63, 3.8) is 0 Å². The number of carbonyl (C=O) groups is 2. The fourth-order valence-corrected chi connectivity index (χ4v) is 3.30. The number of halogens is 1. The van der Waals surface area contributed by atoms with Crippen LogP contribution in [0, 0.1) is 6.92 Å². The fraction of sp³-hybridized carbons (Fsp3) is 0.0769. The molecule has 0 aromatic carbocycles. The number of carbonyl (C=O) groups excluding carboxylic acids is 1. The van der Waals surface area contributed by atoms with Gasteiger partial charge in [0.05, 0.1) is 10.0 Å². The van der Waals surface area contributed by atoms with Crippen LogP contribution in [0.5, 0.6) is 0 Å². The van der Waals surface area contributed by atoms with E-state index in [4.69, 9.17) is 16.7 Å². The standard InChI is InChI=1S/C13H10ClNO3S2/c1-7-6-19-12(13(17)18)11(7)15-10(16)5-3-8-2-4-9(14)20-8/h2-6H,1H3,(H,15,16)(H,17,18)/b5-3+. The largest absolute Gasteiger partial charge is 0.477 e. The zero-order valence-electron chi connectivity index (χ0n) is 10.3. The Labute approximate surface area is 128 Å². The predicted molar refractivity (Wildman–Crippen MR) is 83.0 cm³/mol. The molecule has 0 aliphatic carbocycles. The van der Waals surface area contributed by atoms with Crippen molar-refractivity contribution in [2.24, 2.45) is 0 Å². The predicted octanol–water partition coefficient (Wildman–Crippen LogP) is 4.12. The molecule has 2 N–H and O–H groups in total. The Bertz CT molecular complexity index is 688. The lowest BCUT2D eigenvalue weighted by Crippen LogP contribution is -2.11. The van der Waals surface area contributed by atoms with Gasteiger partial charge in [0.25, 0.3) is 0 Å². The number of carboxylic acids is 1. The summed E-state index contributed by atoms with van der Waals surface area (Å²) in [6.07, 6.45) is 2.99. The van der Waals surface area contributed by atoms with Crippen molar-refractivity contribution < 1.29 is 14.7 Å². The van der Waals surface area contributed by atoms with E-state index < -0.39 is 5.97 Å². The van der Waals surface area contributed by atoms with E-state index in [2.05, 4.69) is 5.32 Å². The average molecular weight is 328 g/mol. The van der Waals surface area contributed by atoms with E-state index in [-0.39, 0.29) is 10.8 Å². The maximum atomic E-state index is 11.8. The normalized spacial score (nSPS) is 10.9. The molecule has 0 bridgehead atoms. The van der Waals surface area contributed by atoms with Gasteiger partial charge in [-0.3, -0.25) is 4.79 Å². The molecule has 0 saturated carbocycles. The molecule has 0 aliphatic rings. The van der Waals surface area contributed by atoms with Crippen LogP contribution in [0.3, 0.4) is 0 Å². The number of thiophene rings is 2. The number of hydrogen-bond acceptors (Lipinski definition) is 4. The first-order chi connectivity index (χ1) is 9.47. The molecule has 2 rings (SSSR count). The van der Waals surface area contributed by atoms with Gasteiger partial charge in [-0.1, -0.05) is 11.6 Å². The lowest BCUT2D eigenvalue weighted by atomic mass is 10.2. The highest BCUT2D eigenvalue weighted by atomic mass is 35.5. The Morgan fingerprint density at radius 1 is 1.40 bits per heavy atom. The molecule has 4 nitrogen and oxygen atoms in total. The SMILES string of the molecule is Cc1csc(C(=O)O)c1NC(=O)/C=C/c1ccc(Cl)s1. The van der Waals surface area contributed by atoms with Crippen LogP contribution in [0.25, 0.3) is 6.08 Å². The highest BCUT2D eigenvalue weighted by Crippen LogP contribution is 2.27. The van der Waals surface area contributed by atoms with Gasteiger partial charge < -0.3 is 10.4 Å². The summed E-state index contributed by atoms with van der Waals surface area (Å²) in [5.74, 6) is -1.43. The number of hydrogen-bond donors (Lipinski definition) is 2. The molecule has 2 heterocycles. The molecule has 0 spiro atoms. The minimum atomic E-state index is -1.05. The molecule has 0 atom stereocenters. The van der Waals surface area contributed by atoms with E-state index in [0.717, 1.165) is 21.8 Å². The highest BCUT2D eigenvalue weighted by Gasteiger charge is 2.16. The second-order valence-electron chi connectivity index (χ2n) is 3.89. The smallest absolute Gasteiger partial charge is 0.348 e.